The third-order valence-electron chi connectivity index (χ3n) is 2.32. The van der Waals surface area contributed by atoms with Crippen molar-refractivity contribution in [3.05, 3.63) is 52.7 Å². The normalized spacial score (nSPS) is 16.3. The van der Waals surface area contributed by atoms with Crippen molar-refractivity contribution < 1.29 is 4.39 Å². The molecule has 2 rings (SSSR count). The first kappa shape index (κ1) is 12.3. The fourth-order valence-corrected chi connectivity index (χ4v) is 1.65. The van der Waals surface area contributed by atoms with Gasteiger partial charge in [-0.15, -0.1) is 0 Å². The predicted octanol–water partition coefficient (Wildman–Crippen LogP) is 2.27. The molecule has 0 saturated heterocycles. The number of nitrogens with two attached hydrogens (primary N) is 1. The van der Waals surface area contributed by atoms with Gasteiger partial charge in [-0.2, -0.15) is 0 Å². The highest BCUT2D eigenvalue weighted by Gasteiger charge is 2.14. The topological polar surface area (TPSA) is 74.3 Å². The van der Waals surface area contributed by atoms with Crippen molar-refractivity contribution in [3.8, 4) is 0 Å². The van der Waals surface area contributed by atoms with Crippen molar-refractivity contribution in [3.63, 3.8) is 0 Å². The van der Waals surface area contributed by atoms with E-state index < -0.39 is 5.82 Å². The maximum absolute atomic E-state index is 13.4. The Hall–Kier alpha value is -2.14. The molecule has 0 radical (unpaired) electrons. The van der Waals surface area contributed by atoms with Crippen molar-refractivity contribution in [2.45, 2.75) is 0 Å². The molecule has 4 nitrogen and oxygen atoms in total. The van der Waals surface area contributed by atoms with Crippen LogP contribution in [0.15, 0.2) is 41.3 Å². The van der Waals surface area contributed by atoms with Crippen LogP contribution in [0, 0.1) is 11.2 Å². The van der Waals surface area contributed by atoms with Gasteiger partial charge in [-0.05, 0) is 23.8 Å². The summed E-state index contributed by atoms with van der Waals surface area (Å²) in [7, 11) is 0. The molecule has 1 aliphatic rings. The Morgan fingerprint density at radius 2 is 2.22 bits per heavy atom. The molecule has 1 aliphatic heterocycles. The molecule has 4 N–H and O–H groups in total. The second kappa shape index (κ2) is 5.01. The maximum Gasteiger partial charge on any atom is 0.142 e. The van der Waals surface area contributed by atoms with Crippen LogP contribution in [-0.4, -0.2) is 12.1 Å². The molecular formula is C12H10ClFN4. The molecule has 18 heavy (non-hydrogen) atoms. The van der Waals surface area contributed by atoms with E-state index in [1.165, 1.54) is 12.1 Å². The molecule has 0 fully saturated rings. The van der Waals surface area contributed by atoms with E-state index in [9.17, 15) is 4.39 Å². The molecule has 1 aromatic rings. The summed E-state index contributed by atoms with van der Waals surface area (Å²) in [5, 5.41) is 10.5. The smallest absolute Gasteiger partial charge is 0.142 e. The number of hydrogen-bond acceptors (Lipinski definition) is 3. The molecule has 6 heteroatoms. The van der Waals surface area contributed by atoms with E-state index >= 15 is 0 Å². The molecule has 1 heterocycles. The first-order valence-electron chi connectivity index (χ1n) is 5.09. The summed E-state index contributed by atoms with van der Waals surface area (Å²) in [5.74, 6) is -0.373. The van der Waals surface area contributed by atoms with Crippen LogP contribution in [0.1, 0.15) is 5.56 Å². The quantitative estimate of drug-likeness (QED) is 0.566. The van der Waals surface area contributed by atoms with Gasteiger partial charge in [0.2, 0.25) is 0 Å². The minimum Gasteiger partial charge on any atom is -0.384 e. The fourth-order valence-electron chi connectivity index (χ4n) is 1.53. The molecular weight excluding hydrogens is 255 g/mol. The summed E-state index contributed by atoms with van der Waals surface area (Å²) in [5.41, 5.74) is 6.29. The van der Waals surface area contributed by atoms with Gasteiger partial charge in [0.15, 0.2) is 0 Å². The second-order valence-corrected chi connectivity index (χ2v) is 3.95. The Bertz CT molecular complexity index is 590. The van der Waals surface area contributed by atoms with Gasteiger partial charge >= 0.3 is 0 Å². The van der Waals surface area contributed by atoms with Gasteiger partial charge in [0, 0.05) is 12.4 Å². The number of hydrogen-bond donors (Lipinski definition) is 3. The van der Waals surface area contributed by atoms with Crippen LogP contribution in [0.2, 0.25) is 5.02 Å². The van der Waals surface area contributed by atoms with Gasteiger partial charge in [0.05, 0.1) is 10.6 Å². The van der Waals surface area contributed by atoms with E-state index in [1.54, 1.807) is 24.6 Å². The van der Waals surface area contributed by atoms with Gasteiger partial charge in [-0.1, -0.05) is 17.7 Å². The lowest BCUT2D eigenvalue weighted by Crippen LogP contribution is -2.19. The lowest BCUT2D eigenvalue weighted by atomic mass is 10.0. The number of rotatable bonds is 2. The Balaban J connectivity index is 2.55. The van der Waals surface area contributed by atoms with Crippen molar-refractivity contribution in [2.75, 3.05) is 0 Å². The highest BCUT2D eigenvalue weighted by Crippen LogP contribution is 2.23. The minimum atomic E-state index is -0.566. The number of nitrogens with zero attached hydrogens (tertiary/aromatic N) is 1. The molecule has 0 bridgehead atoms. The summed E-state index contributed by atoms with van der Waals surface area (Å²) < 4.78 is 13.4. The second-order valence-electron chi connectivity index (χ2n) is 3.55. The number of aliphatic imine (C=N–C) groups is 1. The zero-order valence-corrected chi connectivity index (χ0v) is 10.0. The lowest BCUT2D eigenvalue weighted by molar-refractivity contribution is 0.628. The van der Waals surface area contributed by atoms with Gasteiger partial charge in [0.25, 0.3) is 0 Å². The standard InChI is InChI=1S/C12H10ClFN4/c13-8-3-2-7(6-9(8)14)10(11(15)16)12-17-4-1-5-18-12/h1-6,17H,(H3,15,16)/b12-10+. The number of halogens is 2. The van der Waals surface area contributed by atoms with E-state index in [4.69, 9.17) is 22.7 Å². The summed E-state index contributed by atoms with van der Waals surface area (Å²) in [6.45, 7) is 0. The average molecular weight is 265 g/mol. The van der Waals surface area contributed by atoms with Crippen molar-refractivity contribution in [1.82, 2.24) is 5.32 Å². The first-order chi connectivity index (χ1) is 8.59. The van der Waals surface area contributed by atoms with Crippen LogP contribution in [0.4, 0.5) is 4.39 Å². The highest BCUT2D eigenvalue weighted by atomic mass is 35.5. The van der Waals surface area contributed by atoms with Crippen LogP contribution in [0.5, 0.6) is 0 Å². The van der Waals surface area contributed by atoms with E-state index in [0.29, 0.717) is 17.0 Å². The Morgan fingerprint density at radius 1 is 1.44 bits per heavy atom. The van der Waals surface area contributed by atoms with Crippen molar-refractivity contribution in [2.24, 2.45) is 10.7 Å². The molecule has 0 saturated carbocycles. The lowest BCUT2D eigenvalue weighted by Gasteiger charge is -2.13. The Kier molecular flexibility index (Phi) is 3.43. The monoisotopic (exact) mass is 264 g/mol. The molecule has 0 amide bonds. The van der Waals surface area contributed by atoms with E-state index in [-0.39, 0.29) is 10.9 Å². The van der Waals surface area contributed by atoms with Crippen molar-refractivity contribution in [1.29, 1.82) is 5.41 Å². The third-order valence-corrected chi connectivity index (χ3v) is 2.63. The van der Waals surface area contributed by atoms with E-state index in [0.717, 1.165) is 0 Å². The van der Waals surface area contributed by atoms with Gasteiger partial charge in [-0.3, -0.25) is 5.41 Å². The molecule has 0 aliphatic carbocycles. The number of nitrogens with one attached hydrogen (secondary N) is 2. The zero-order chi connectivity index (χ0) is 13.1. The van der Waals surface area contributed by atoms with Crippen LogP contribution in [0.3, 0.4) is 0 Å². The predicted molar refractivity (Wildman–Crippen MR) is 71.0 cm³/mol. The summed E-state index contributed by atoms with van der Waals surface area (Å²) >= 11 is 5.62. The van der Waals surface area contributed by atoms with Gasteiger partial charge < -0.3 is 11.1 Å². The molecule has 92 valence electrons. The first-order valence-corrected chi connectivity index (χ1v) is 5.47. The SMILES string of the molecule is N=C(N)/C(=C1/N=CC=CN1)c1ccc(Cl)c(F)c1. The Labute approximate surface area is 108 Å². The van der Waals surface area contributed by atoms with E-state index in [1.807, 2.05) is 0 Å². The molecule has 0 spiro atoms. The Morgan fingerprint density at radius 3 is 2.78 bits per heavy atom. The van der Waals surface area contributed by atoms with Crippen LogP contribution in [-0.2, 0) is 0 Å². The number of benzene rings is 1. The van der Waals surface area contributed by atoms with E-state index in [2.05, 4.69) is 10.3 Å². The van der Waals surface area contributed by atoms with Crippen LogP contribution >= 0.6 is 11.6 Å². The number of allylic oxidation sites excluding steroid dienone is 1. The molecule has 0 atom stereocenters. The maximum atomic E-state index is 13.4. The van der Waals surface area contributed by atoms with Crippen LogP contribution in [0.25, 0.3) is 5.57 Å². The largest absolute Gasteiger partial charge is 0.384 e. The zero-order valence-electron chi connectivity index (χ0n) is 9.24. The average Bonchev–Trinajstić information content (AvgIpc) is 2.35. The number of amidine groups is 1. The van der Waals surface area contributed by atoms with Crippen molar-refractivity contribution >= 4 is 29.2 Å². The third kappa shape index (κ3) is 2.41. The summed E-state index contributed by atoms with van der Waals surface area (Å²) in [4.78, 5) is 4.06. The minimum absolute atomic E-state index is 0.0200. The molecule has 1 aromatic carbocycles. The summed E-state index contributed by atoms with van der Waals surface area (Å²) in [6.07, 6.45) is 4.91. The molecule has 0 aromatic heterocycles. The van der Waals surface area contributed by atoms with Gasteiger partial charge in [-0.25, -0.2) is 9.38 Å². The fraction of sp³-hybridized carbons (Fsp3) is 0. The van der Waals surface area contributed by atoms with Gasteiger partial charge in [0.1, 0.15) is 17.5 Å². The van der Waals surface area contributed by atoms with Crippen LogP contribution < -0.4 is 11.1 Å². The molecule has 0 unspecified atom stereocenters. The highest BCUT2D eigenvalue weighted by molar-refractivity contribution is 6.31. The summed E-state index contributed by atoms with van der Waals surface area (Å²) in [6, 6.07) is 4.23.